The number of benzene rings is 1. The third-order valence-electron chi connectivity index (χ3n) is 2.12. The van der Waals surface area contributed by atoms with Gasteiger partial charge in [0.1, 0.15) is 11.3 Å². The molecule has 0 saturated heterocycles. The topological polar surface area (TPSA) is 105 Å². The van der Waals surface area contributed by atoms with Gasteiger partial charge in [-0.1, -0.05) is 0 Å². The molecule has 0 fully saturated rings. The summed E-state index contributed by atoms with van der Waals surface area (Å²) < 4.78 is 33.4. The highest BCUT2D eigenvalue weighted by molar-refractivity contribution is 7.90. The molecule has 0 aliphatic heterocycles. The molecule has 112 valence electrons. The highest BCUT2D eigenvalue weighted by atomic mass is 32.2. The minimum atomic E-state index is -3.75. The van der Waals surface area contributed by atoms with Gasteiger partial charge < -0.3 is 9.84 Å². The van der Waals surface area contributed by atoms with E-state index in [0.717, 1.165) is 0 Å². The minimum Gasteiger partial charge on any atom is -0.496 e. The van der Waals surface area contributed by atoms with Gasteiger partial charge in [-0.25, -0.2) is 4.79 Å². The number of hydrogen-bond acceptors (Lipinski definition) is 4. The molecule has 0 aromatic heterocycles. The van der Waals surface area contributed by atoms with Gasteiger partial charge in [0.25, 0.3) is 10.2 Å². The normalized spacial score (nSPS) is 12.0. The molecule has 1 aromatic carbocycles. The van der Waals surface area contributed by atoms with Gasteiger partial charge >= 0.3 is 5.97 Å². The SMILES string of the molecule is COc1cc(NS(=O)(=O)NC(C)(C)C)ccc1C(=O)O. The van der Waals surface area contributed by atoms with Crippen molar-refractivity contribution in [2.45, 2.75) is 26.3 Å². The number of aromatic carboxylic acids is 1. The first-order valence-corrected chi connectivity index (χ1v) is 7.25. The predicted molar refractivity (Wildman–Crippen MR) is 75.4 cm³/mol. The molecule has 7 nitrogen and oxygen atoms in total. The van der Waals surface area contributed by atoms with Crippen molar-refractivity contribution in [3.05, 3.63) is 23.8 Å². The van der Waals surface area contributed by atoms with Crippen molar-refractivity contribution >= 4 is 21.9 Å². The van der Waals surface area contributed by atoms with E-state index < -0.39 is 21.7 Å². The maximum Gasteiger partial charge on any atom is 0.339 e. The Hall–Kier alpha value is -1.80. The lowest BCUT2D eigenvalue weighted by Crippen LogP contribution is -2.43. The standard InChI is InChI=1S/C12H18N2O5S/c1-12(2,3)14-20(17,18)13-8-5-6-9(11(15)16)10(7-8)19-4/h5-7,13-14H,1-4H3,(H,15,16). The Morgan fingerprint density at radius 2 is 1.90 bits per heavy atom. The summed E-state index contributed by atoms with van der Waals surface area (Å²) in [6, 6.07) is 3.94. The highest BCUT2D eigenvalue weighted by Gasteiger charge is 2.20. The fourth-order valence-corrected chi connectivity index (χ4v) is 2.81. The van der Waals surface area contributed by atoms with Gasteiger partial charge in [0.05, 0.1) is 12.8 Å². The summed E-state index contributed by atoms with van der Waals surface area (Å²) in [4.78, 5) is 10.9. The van der Waals surface area contributed by atoms with Crippen LogP contribution < -0.4 is 14.2 Å². The van der Waals surface area contributed by atoms with E-state index in [2.05, 4.69) is 9.44 Å². The molecule has 0 heterocycles. The first kappa shape index (κ1) is 16.3. The van der Waals surface area contributed by atoms with Crippen LogP contribution in [0.5, 0.6) is 5.75 Å². The van der Waals surface area contributed by atoms with Crippen LogP contribution in [0, 0.1) is 0 Å². The first-order chi connectivity index (χ1) is 9.04. The minimum absolute atomic E-state index is 0.0424. The predicted octanol–water partition coefficient (Wildman–Crippen LogP) is 1.44. The molecule has 0 spiro atoms. The maximum absolute atomic E-state index is 11.9. The van der Waals surface area contributed by atoms with Crippen LogP contribution >= 0.6 is 0 Å². The lowest BCUT2D eigenvalue weighted by atomic mass is 10.1. The molecule has 20 heavy (non-hydrogen) atoms. The fraction of sp³-hybridized carbons (Fsp3) is 0.417. The second-order valence-electron chi connectivity index (χ2n) is 5.18. The Labute approximate surface area is 118 Å². The lowest BCUT2D eigenvalue weighted by Gasteiger charge is -2.21. The summed E-state index contributed by atoms with van der Waals surface area (Å²) in [5.41, 5.74) is -0.459. The Morgan fingerprint density at radius 3 is 2.35 bits per heavy atom. The second kappa shape index (κ2) is 5.68. The summed E-state index contributed by atoms with van der Waals surface area (Å²) >= 11 is 0. The Bertz CT molecular complexity index is 605. The zero-order valence-corrected chi connectivity index (χ0v) is 12.5. The number of nitrogens with one attached hydrogen (secondary N) is 2. The van der Waals surface area contributed by atoms with E-state index in [9.17, 15) is 13.2 Å². The van der Waals surface area contributed by atoms with E-state index in [0.29, 0.717) is 0 Å². The monoisotopic (exact) mass is 302 g/mol. The van der Waals surface area contributed by atoms with Gasteiger partial charge in [-0.15, -0.1) is 0 Å². The van der Waals surface area contributed by atoms with Crippen molar-refractivity contribution in [3.63, 3.8) is 0 Å². The Kier molecular flexibility index (Phi) is 4.61. The summed E-state index contributed by atoms with van der Waals surface area (Å²) in [6.45, 7) is 5.13. The quantitative estimate of drug-likeness (QED) is 0.763. The second-order valence-corrected chi connectivity index (χ2v) is 6.59. The summed E-state index contributed by atoms with van der Waals surface area (Å²) in [5.74, 6) is -1.07. The molecule has 0 amide bonds. The molecule has 3 N–H and O–H groups in total. The number of rotatable bonds is 5. The van der Waals surface area contributed by atoms with Crippen molar-refractivity contribution in [3.8, 4) is 5.75 Å². The van der Waals surface area contributed by atoms with Crippen LogP contribution in [0.2, 0.25) is 0 Å². The molecule has 1 rings (SSSR count). The van der Waals surface area contributed by atoms with Gasteiger partial charge in [-0.05, 0) is 32.9 Å². The number of carbonyl (C=O) groups is 1. The van der Waals surface area contributed by atoms with Gasteiger partial charge in [0, 0.05) is 11.6 Å². The number of carboxylic acids is 1. The van der Waals surface area contributed by atoms with E-state index in [1.54, 1.807) is 20.8 Å². The Balaban J connectivity index is 3.03. The van der Waals surface area contributed by atoms with E-state index in [4.69, 9.17) is 9.84 Å². The Morgan fingerprint density at radius 1 is 1.30 bits per heavy atom. The largest absolute Gasteiger partial charge is 0.496 e. The average Bonchev–Trinajstić information content (AvgIpc) is 2.24. The summed E-state index contributed by atoms with van der Waals surface area (Å²) in [6.07, 6.45) is 0. The molecule has 0 bridgehead atoms. The van der Waals surface area contributed by atoms with E-state index in [-0.39, 0.29) is 17.0 Å². The van der Waals surface area contributed by atoms with Crippen molar-refractivity contribution in [1.82, 2.24) is 4.72 Å². The number of hydrogen-bond donors (Lipinski definition) is 3. The molecule has 0 atom stereocenters. The van der Waals surface area contributed by atoms with E-state index in [1.807, 2.05) is 0 Å². The van der Waals surface area contributed by atoms with E-state index >= 15 is 0 Å². The van der Waals surface area contributed by atoms with Crippen LogP contribution in [0.25, 0.3) is 0 Å². The fourth-order valence-electron chi connectivity index (χ4n) is 1.52. The van der Waals surface area contributed by atoms with Crippen LogP contribution in [0.4, 0.5) is 5.69 Å². The van der Waals surface area contributed by atoms with Crippen molar-refractivity contribution < 1.29 is 23.1 Å². The molecular weight excluding hydrogens is 284 g/mol. The van der Waals surface area contributed by atoms with Crippen LogP contribution in [0.1, 0.15) is 31.1 Å². The average molecular weight is 302 g/mol. The molecule has 0 unspecified atom stereocenters. The molecule has 0 aliphatic rings. The smallest absolute Gasteiger partial charge is 0.339 e. The summed E-state index contributed by atoms with van der Waals surface area (Å²) in [5, 5.41) is 8.94. The molecule has 0 radical (unpaired) electrons. The van der Waals surface area contributed by atoms with Crippen molar-refractivity contribution in [2.24, 2.45) is 0 Å². The van der Waals surface area contributed by atoms with Crippen molar-refractivity contribution in [2.75, 3.05) is 11.8 Å². The molecular formula is C12H18N2O5S. The number of methoxy groups -OCH3 is 1. The third kappa shape index (κ3) is 4.71. The zero-order chi connectivity index (χ0) is 15.6. The van der Waals surface area contributed by atoms with Crippen molar-refractivity contribution in [1.29, 1.82) is 0 Å². The zero-order valence-electron chi connectivity index (χ0n) is 11.7. The van der Waals surface area contributed by atoms with Gasteiger partial charge in [-0.2, -0.15) is 13.1 Å². The van der Waals surface area contributed by atoms with Crippen LogP contribution in [-0.2, 0) is 10.2 Å². The summed E-state index contributed by atoms with van der Waals surface area (Å²) in [7, 11) is -2.44. The molecule has 0 saturated carbocycles. The van der Waals surface area contributed by atoms with Gasteiger partial charge in [0.15, 0.2) is 0 Å². The van der Waals surface area contributed by atoms with Gasteiger partial charge in [-0.3, -0.25) is 4.72 Å². The third-order valence-corrected chi connectivity index (χ3v) is 3.51. The van der Waals surface area contributed by atoms with Gasteiger partial charge in [0.2, 0.25) is 0 Å². The van der Waals surface area contributed by atoms with Crippen LogP contribution in [-0.4, -0.2) is 32.1 Å². The van der Waals surface area contributed by atoms with E-state index in [1.165, 1.54) is 25.3 Å². The molecule has 1 aromatic rings. The lowest BCUT2D eigenvalue weighted by molar-refractivity contribution is 0.0693. The number of ether oxygens (including phenoxy) is 1. The van der Waals surface area contributed by atoms with Crippen LogP contribution in [0.3, 0.4) is 0 Å². The number of carboxylic acid groups (broad SMARTS) is 1. The number of anilines is 1. The van der Waals surface area contributed by atoms with Crippen LogP contribution in [0.15, 0.2) is 18.2 Å². The highest BCUT2D eigenvalue weighted by Crippen LogP contribution is 2.23. The first-order valence-electron chi connectivity index (χ1n) is 5.77. The maximum atomic E-state index is 11.9. The molecule has 0 aliphatic carbocycles. The molecule has 8 heteroatoms.